The fourth-order valence-electron chi connectivity index (χ4n) is 3.72. The maximum atomic E-state index is 14.1. The monoisotopic (exact) mass is 525 g/mol. The van der Waals surface area contributed by atoms with Crippen LogP contribution in [0.2, 0.25) is 0 Å². The Bertz CT molecular complexity index is 1260. The van der Waals surface area contributed by atoms with Gasteiger partial charge < -0.3 is 26.3 Å². The lowest BCUT2D eigenvalue weighted by molar-refractivity contribution is -0.122. The van der Waals surface area contributed by atoms with Crippen molar-refractivity contribution in [1.29, 1.82) is 0 Å². The molecular weight excluding hydrogens is 494 g/mol. The number of benzene rings is 2. The summed E-state index contributed by atoms with van der Waals surface area (Å²) in [4.78, 5) is 40.9. The molecule has 37 heavy (non-hydrogen) atoms. The van der Waals surface area contributed by atoms with E-state index in [0.717, 1.165) is 18.0 Å². The average molecular weight is 526 g/mol. The summed E-state index contributed by atoms with van der Waals surface area (Å²) in [7, 11) is 3.01. The highest BCUT2D eigenvalue weighted by Crippen LogP contribution is 2.38. The fourth-order valence-corrected chi connectivity index (χ4v) is 4.46. The Morgan fingerprint density at radius 1 is 1.05 bits per heavy atom. The Hall–Kier alpha value is -4.12. The quantitative estimate of drug-likeness (QED) is 0.347. The number of carbonyl (C=O) groups excluding carboxylic acids is 3. The predicted molar refractivity (Wildman–Crippen MR) is 143 cm³/mol. The van der Waals surface area contributed by atoms with Gasteiger partial charge in [-0.25, -0.2) is 0 Å². The number of amides is 3. The highest BCUT2D eigenvalue weighted by Gasteiger charge is 2.37. The molecule has 3 rings (SSSR count). The molecule has 196 valence electrons. The third-order valence-electron chi connectivity index (χ3n) is 5.68. The molecule has 5 N–H and O–H groups in total. The number of anilines is 2. The fraction of sp³-hybridized carbons (Fsp3) is 0.308. The zero-order chi connectivity index (χ0) is 27.1. The molecule has 1 atom stereocenters. The third-order valence-corrected chi connectivity index (χ3v) is 6.53. The molecule has 0 unspecified atom stereocenters. The van der Waals surface area contributed by atoms with Gasteiger partial charge in [0.25, 0.3) is 11.8 Å². The summed E-state index contributed by atoms with van der Waals surface area (Å²) in [6.07, 6.45) is 0.757. The number of methoxy groups -OCH3 is 2. The van der Waals surface area contributed by atoms with E-state index >= 15 is 0 Å². The first-order chi connectivity index (χ1) is 17.7. The van der Waals surface area contributed by atoms with Crippen LogP contribution in [0.15, 0.2) is 48.5 Å². The van der Waals surface area contributed by atoms with E-state index in [1.165, 1.54) is 12.0 Å². The van der Waals surface area contributed by atoms with Crippen LogP contribution in [0.1, 0.15) is 52.0 Å². The van der Waals surface area contributed by atoms with Crippen LogP contribution in [-0.2, 0) is 4.79 Å². The SMILES string of the molecule is COc1ccc([C@@H](C(=O)NCCC(C)C)N(C(=O)c2snc(C(N)=O)c2N)c2ccccc2OC)cc1. The minimum absolute atomic E-state index is 0.0202. The van der Waals surface area contributed by atoms with Crippen molar-refractivity contribution >= 4 is 40.6 Å². The Kier molecular flexibility index (Phi) is 9.07. The van der Waals surface area contributed by atoms with Gasteiger partial charge in [-0.05, 0) is 53.7 Å². The number of nitrogens with two attached hydrogens (primary N) is 2. The summed E-state index contributed by atoms with van der Waals surface area (Å²) < 4.78 is 14.8. The van der Waals surface area contributed by atoms with Gasteiger partial charge in [0.15, 0.2) is 5.69 Å². The number of ether oxygens (including phenoxy) is 2. The number of nitrogens with one attached hydrogen (secondary N) is 1. The van der Waals surface area contributed by atoms with Crippen LogP contribution < -0.4 is 31.2 Å². The summed E-state index contributed by atoms with van der Waals surface area (Å²) in [5, 5.41) is 2.95. The van der Waals surface area contributed by atoms with E-state index in [4.69, 9.17) is 20.9 Å². The molecule has 2 aromatic carbocycles. The van der Waals surface area contributed by atoms with Crippen LogP contribution >= 0.6 is 11.5 Å². The second kappa shape index (κ2) is 12.2. The van der Waals surface area contributed by atoms with Gasteiger partial charge in [0, 0.05) is 6.54 Å². The van der Waals surface area contributed by atoms with E-state index in [-0.39, 0.29) is 16.3 Å². The van der Waals surface area contributed by atoms with Crippen molar-refractivity contribution < 1.29 is 23.9 Å². The maximum Gasteiger partial charge on any atom is 0.273 e. The molecule has 3 aromatic rings. The molecule has 0 aliphatic carbocycles. The van der Waals surface area contributed by atoms with Crippen molar-refractivity contribution in [3.63, 3.8) is 0 Å². The second-order valence-corrected chi connectivity index (χ2v) is 9.41. The van der Waals surface area contributed by atoms with E-state index in [0.29, 0.717) is 35.2 Å². The van der Waals surface area contributed by atoms with Gasteiger partial charge >= 0.3 is 0 Å². The smallest absolute Gasteiger partial charge is 0.273 e. The molecule has 0 aliphatic rings. The van der Waals surface area contributed by atoms with E-state index in [9.17, 15) is 14.4 Å². The normalized spacial score (nSPS) is 11.6. The van der Waals surface area contributed by atoms with Gasteiger partial charge in [-0.2, -0.15) is 4.37 Å². The molecule has 0 aliphatic heterocycles. The van der Waals surface area contributed by atoms with Gasteiger partial charge in [-0.15, -0.1) is 0 Å². The Morgan fingerprint density at radius 3 is 2.30 bits per heavy atom. The number of primary amides is 1. The van der Waals surface area contributed by atoms with Crippen LogP contribution in [0.4, 0.5) is 11.4 Å². The van der Waals surface area contributed by atoms with Gasteiger partial charge in [0.2, 0.25) is 5.91 Å². The molecule has 0 radical (unpaired) electrons. The Balaban J connectivity index is 2.20. The summed E-state index contributed by atoms with van der Waals surface area (Å²) in [6, 6.07) is 12.6. The Morgan fingerprint density at radius 2 is 1.73 bits per heavy atom. The first-order valence-electron chi connectivity index (χ1n) is 11.6. The number of hydrogen-bond acceptors (Lipinski definition) is 8. The summed E-state index contributed by atoms with van der Waals surface area (Å²) in [6.45, 7) is 4.53. The summed E-state index contributed by atoms with van der Waals surface area (Å²) >= 11 is 0.742. The topological polar surface area (TPSA) is 150 Å². The number of para-hydroxylation sites is 2. The van der Waals surface area contributed by atoms with Crippen molar-refractivity contribution in [2.45, 2.75) is 26.3 Å². The van der Waals surface area contributed by atoms with Crippen molar-refractivity contribution in [2.24, 2.45) is 11.7 Å². The van der Waals surface area contributed by atoms with Crippen LogP contribution in [0, 0.1) is 5.92 Å². The summed E-state index contributed by atoms with van der Waals surface area (Å²) in [5.74, 6) is -0.556. The molecule has 0 bridgehead atoms. The van der Waals surface area contributed by atoms with Crippen LogP contribution in [0.3, 0.4) is 0 Å². The molecule has 0 saturated heterocycles. The molecular formula is C26H31N5O5S. The maximum absolute atomic E-state index is 14.1. The number of hydrogen-bond donors (Lipinski definition) is 3. The number of nitrogens with zero attached hydrogens (tertiary/aromatic N) is 2. The van der Waals surface area contributed by atoms with Crippen molar-refractivity contribution in [3.05, 3.63) is 64.7 Å². The molecule has 3 amide bonds. The molecule has 0 spiro atoms. The molecule has 1 heterocycles. The first-order valence-corrected chi connectivity index (χ1v) is 12.4. The predicted octanol–water partition coefficient (Wildman–Crippen LogP) is 3.39. The van der Waals surface area contributed by atoms with E-state index in [2.05, 4.69) is 23.5 Å². The number of nitrogen functional groups attached to an aromatic ring is 1. The molecule has 11 heteroatoms. The minimum atomic E-state index is -1.11. The second-order valence-electron chi connectivity index (χ2n) is 8.63. The van der Waals surface area contributed by atoms with Crippen LogP contribution in [0.25, 0.3) is 0 Å². The zero-order valence-electron chi connectivity index (χ0n) is 21.2. The molecule has 0 saturated carbocycles. The Labute approximate surface area is 219 Å². The molecule has 1 aromatic heterocycles. The van der Waals surface area contributed by atoms with Gasteiger partial charge in [0.1, 0.15) is 22.4 Å². The largest absolute Gasteiger partial charge is 0.497 e. The molecule has 10 nitrogen and oxygen atoms in total. The third kappa shape index (κ3) is 6.18. The number of rotatable bonds is 11. The van der Waals surface area contributed by atoms with Crippen LogP contribution in [0.5, 0.6) is 11.5 Å². The minimum Gasteiger partial charge on any atom is -0.497 e. The standard InChI is InChI=1S/C26H31N5O5S/c1-15(2)13-14-29-25(33)22(16-9-11-17(35-3)12-10-16)31(18-7-5-6-8-19(18)36-4)26(34)23-20(27)21(24(28)32)30-37-23/h5-12,15,22H,13-14,27H2,1-4H3,(H2,28,32)(H,29,33)/t22-/m0/s1. The van der Waals surface area contributed by atoms with E-state index < -0.39 is 23.8 Å². The van der Waals surface area contributed by atoms with Crippen LogP contribution in [-0.4, -0.2) is 42.9 Å². The lowest BCUT2D eigenvalue weighted by Gasteiger charge is -2.32. The average Bonchev–Trinajstić information content (AvgIpc) is 3.28. The van der Waals surface area contributed by atoms with Gasteiger partial charge in [-0.3, -0.25) is 19.3 Å². The highest BCUT2D eigenvalue weighted by molar-refractivity contribution is 7.09. The van der Waals surface area contributed by atoms with E-state index in [1.807, 2.05) is 0 Å². The number of carbonyl (C=O) groups is 3. The van der Waals surface area contributed by atoms with Crippen molar-refractivity contribution in [1.82, 2.24) is 9.69 Å². The van der Waals surface area contributed by atoms with Crippen molar-refractivity contribution in [2.75, 3.05) is 31.4 Å². The van der Waals surface area contributed by atoms with Crippen molar-refractivity contribution in [3.8, 4) is 11.5 Å². The molecule has 0 fully saturated rings. The summed E-state index contributed by atoms with van der Waals surface area (Å²) in [5.41, 5.74) is 12.0. The first kappa shape index (κ1) is 27.5. The lowest BCUT2D eigenvalue weighted by Crippen LogP contribution is -2.44. The van der Waals surface area contributed by atoms with Gasteiger partial charge in [0.05, 0.1) is 25.6 Å². The lowest BCUT2D eigenvalue weighted by atomic mass is 10.0. The number of aromatic nitrogens is 1. The van der Waals surface area contributed by atoms with E-state index in [1.54, 1.807) is 55.6 Å². The highest BCUT2D eigenvalue weighted by atomic mass is 32.1. The van der Waals surface area contributed by atoms with Gasteiger partial charge in [-0.1, -0.05) is 38.1 Å². The zero-order valence-corrected chi connectivity index (χ0v) is 22.0.